The SMILES string of the molecule is CSc1ccc(Oc2cc(CN)cc(C(C)(C)C)n2)cc1. The largest absolute Gasteiger partial charge is 0.439 e. The highest BCUT2D eigenvalue weighted by Gasteiger charge is 2.17. The van der Waals surface area contributed by atoms with Crippen LogP contribution >= 0.6 is 11.8 Å². The van der Waals surface area contributed by atoms with Crippen molar-refractivity contribution >= 4 is 11.8 Å². The lowest BCUT2D eigenvalue weighted by Gasteiger charge is -2.19. The molecular weight excluding hydrogens is 280 g/mol. The van der Waals surface area contributed by atoms with E-state index in [9.17, 15) is 0 Å². The predicted octanol–water partition coefficient (Wildman–Crippen LogP) is 4.35. The van der Waals surface area contributed by atoms with E-state index in [4.69, 9.17) is 10.5 Å². The van der Waals surface area contributed by atoms with Gasteiger partial charge >= 0.3 is 0 Å². The molecule has 0 atom stereocenters. The molecule has 0 spiro atoms. The summed E-state index contributed by atoms with van der Waals surface area (Å²) < 4.78 is 5.88. The number of pyridine rings is 1. The zero-order chi connectivity index (χ0) is 15.5. The molecule has 0 saturated carbocycles. The first-order valence-corrected chi connectivity index (χ1v) is 8.18. The van der Waals surface area contributed by atoms with Crippen molar-refractivity contribution in [2.24, 2.45) is 5.73 Å². The van der Waals surface area contributed by atoms with E-state index in [0.717, 1.165) is 17.0 Å². The summed E-state index contributed by atoms with van der Waals surface area (Å²) in [5.41, 5.74) is 7.76. The summed E-state index contributed by atoms with van der Waals surface area (Å²) in [5.74, 6) is 1.38. The fourth-order valence-electron chi connectivity index (χ4n) is 1.88. The molecule has 2 aromatic rings. The van der Waals surface area contributed by atoms with Crippen molar-refractivity contribution < 1.29 is 4.74 Å². The molecule has 1 aromatic carbocycles. The van der Waals surface area contributed by atoms with Crippen molar-refractivity contribution in [2.45, 2.75) is 37.6 Å². The van der Waals surface area contributed by atoms with Gasteiger partial charge in [-0.05, 0) is 42.2 Å². The molecule has 0 amide bonds. The highest BCUT2D eigenvalue weighted by molar-refractivity contribution is 7.98. The Morgan fingerprint density at radius 3 is 2.33 bits per heavy atom. The summed E-state index contributed by atoms with van der Waals surface area (Å²) in [6, 6.07) is 11.9. The van der Waals surface area contributed by atoms with Crippen LogP contribution < -0.4 is 10.5 Å². The summed E-state index contributed by atoms with van der Waals surface area (Å²) >= 11 is 1.71. The summed E-state index contributed by atoms with van der Waals surface area (Å²) in [6.45, 7) is 6.87. The normalized spacial score (nSPS) is 11.5. The maximum Gasteiger partial charge on any atom is 0.219 e. The van der Waals surface area contributed by atoms with Crippen LogP contribution in [0, 0.1) is 0 Å². The van der Waals surface area contributed by atoms with E-state index < -0.39 is 0 Å². The Morgan fingerprint density at radius 2 is 1.81 bits per heavy atom. The van der Waals surface area contributed by atoms with Crippen molar-refractivity contribution in [3.05, 3.63) is 47.7 Å². The van der Waals surface area contributed by atoms with Gasteiger partial charge in [-0.1, -0.05) is 20.8 Å². The monoisotopic (exact) mass is 302 g/mol. The van der Waals surface area contributed by atoms with Crippen molar-refractivity contribution in [1.82, 2.24) is 4.98 Å². The first kappa shape index (κ1) is 15.9. The molecule has 112 valence electrons. The third kappa shape index (κ3) is 4.22. The number of aromatic nitrogens is 1. The minimum Gasteiger partial charge on any atom is -0.439 e. The quantitative estimate of drug-likeness (QED) is 0.853. The molecule has 2 rings (SSSR count). The second kappa shape index (κ2) is 6.50. The Hall–Kier alpha value is -1.52. The van der Waals surface area contributed by atoms with Crippen LogP contribution in [0.5, 0.6) is 11.6 Å². The number of rotatable bonds is 4. The average molecular weight is 302 g/mol. The maximum absolute atomic E-state index is 5.88. The molecule has 3 nitrogen and oxygen atoms in total. The molecule has 0 fully saturated rings. The van der Waals surface area contributed by atoms with Crippen LogP contribution in [0.15, 0.2) is 41.3 Å². The molecule has 1 aromatic heterocycles. The van der Waals surface area contributed by atoms with Gasteiger partial charge in [0.15, 0.2) is 0 Å². The van der Waals surface area contributed by atoms with Gasteiger partial charge in [0.1, 0.15) is 5.75 Å². The number of hydrogen-bond acceptors (Lipinski definition) is 4. The van der Waals surface area contributed by atoms with Crippen molar-refractivity contribution in [2.75, 3.05) is 6.26 Å². The number of nitrogens with two attached hydrogens (primary N) is 1. The van der Waals surface area contributed by atoms with Gasteiger partial charge in [0, 0.05) is 22.9 Å². The fourth-order valence-corrected chi connectivity index (χ4v) is 2.29. The van der Waals surface area contributed by atoms with Gasteiger partial charge in [-0.2, -0.15) is 0 Å². The minimum atomic E-state index is -0.0357. The van der Waals surface area contributed by atoms with Gasteiger partial charge in [0.25, 0.3) is 0 Å². The predicted molar refractivity (Wildman–Crippen MR) is 89.1 cm³/mol. The van der Waals surface area contributed by atoms with Crippen LogP contribution in [0.2, 0.25) is 0 Å². The molecule has 2 N–H and O–H groups in total. The highest BCUT2D eigenvalue weighted by Crippen LogP contribution is 2.27. The van der Waals surface area contributed by atoms with Crippen molar-refractivity contribution in [3.63, 3.8) is 0 Å². The molecule has 0 bridgehead atoms. The third-order valence-corrected chi connectivity index (χ3v) is 3.89. The molecule has 4 heteroatoms. The van der Waals surface area contributed by atoms with E-state index in [1.165, 1.54) is 4.90 Å². The number of benzene rings is 1. The lowest BCUT2D eigenvalue weighted by molar-refractivity contribution is 0.450. The molecule has 0 aliphatic carbocycles. The van der Waals surface area contributed by atoms with Gasteiger partial charge in [-0.3, -0.25) is 0 Å². The van der Waals surface area contributed by atoms with Crippen LogP contribution in [0.1, 0.15) is 32.0 Å². The van der Waals surface area contributed by atoms with Crippen LogP contribution in [0.25, 0.3) is 0 Å². The fraction of sp³-hybridized carbons (Fsp3) is 0.353. The van der Waals surface area contributed by atoms with Crippen LogP contribution in [0.3, 0.4) is 0 Å². The first-order chi connectivity index (χ1) is 9.92. The Labute approximate surface area is 130 Å². The van der Waals surface area contributed by atoms with Crippen molar-refractivity contribution in [1.29, 1.82) is 0 Å². The zero-order valence-electron chi connectivity index (χ0n) is 13.0. The Balaban J connectivity index is 2.29. The summed E-state index contributed by atoms with van der Waals surface area (Å²) in [4.78, 5) is 5.82. The van der Waals surface area contributed by atoms with Gasteiger partial charge in [-0.25, -0.2) is 4.98 Å². The van der Waals surface area contributed by atoms with Gasteiger partial charge in [0.2, 0.25) is 5.88 Å². The van der Waals surface area contributed by atoms with E-state index in [0.29, 0.717) is 12.4 Å². The second-order valence-corrected chi connectivity index (χ2v) is 6.81. The number of ether oxygens (including phenoxy) is 1. The Kier molecular flexibility index (Phi) is 4.91. The summed E-state index contributed by atoms with van der Waals surface area (Å²) in [6.07, 6.45) is 2.05. The Bertz CT molecular complexity index is 603. The van der Waals surface area contributed by atoms with Crippen LogP contribution in [-0.2, 0) is 12.0 Å². The smallest absolute Gasteiger partial charge is 0.219 e. The molecule has 21 heavy (non-hydrogen) atoms. The lowest BCUT2D eigenvalue weighted by Crippen LogP contribution is -2.15. The average Bonchev–Trinajstić information content (AvgIpc) is 2.46. The summed E-state index contributed by atoms with van der Waals surface area (Å²) in [5, 5.41) is 0. The molecular formula is C17H22N2OS. The number of thioether (sulfide) groups is 1. The van der Waals surface area contributed by atoms with E-state index >= 15 is 0 Å². The maximum atomic E-state index is 5.88. The number of hydrogen-bond donors (Lipinski definition) is 1. The van der Waals surface area contributed by atoms with E-state index in [1.807, 2.05) is 36.4 Å². The third-order valence-electron chi connectivity index (χ3n) is 3.15. The van der Waals surface area contributed by atoms with Crippen LogP contribution in [-0.4, -0.2) is 11.2 Å². The first-order valence-electron chi connectivity index (χ1n) is 6.96. The van der Waals surface area contributed by atoms with Crippen LogP contribution in [0.4, 0.5) is 0 Å². The minimum absolute atomic E-state index is 0.0357. The molecule has 0 radical (unpaired) electrons. The van der Waals surface area contributed by atoms with E-state index in [2.05, 4.69) is 32.0 Å². The van der Waals surface area contributed by atoms with Gasteiger partial charge in [0.05, 0.1) is 5.69 Å². The molecule has 0 aliphatic heterocycles. The molecule has 1 heterocycles. The summed E-state index contributed by atoms with van der Waals surface area (Å²) in [7, 11) is 0. The van der Waals surface area contributed by atoms with E-state index in [1.54, 1.807) is 11.8 Å². The number of nitrogens with zero attached hydrogens (tertiary/aromatic N) is 1. The Morgan fingerprint density at radius 1 is 1.14 bits per heavy atom. The van der Waals surface area contributed by atoms with Gasteiger partial charge < -0.3 is 10.5 Å². The second-order valence-electron chi connectivity index (χ2n) is 5.93. The lowest BCUT2D eigenvalue weighted by atomic mass is 9.91. The van der Waals surface area contributed by atoms with E-state index in [-0.39, 0.29) is 5.41 Å². The van der Waals surface area contributed by atoms with Crippen molar-refractivity contribution in [3.8, 4) is 11.6 Å². The molecule has 0 aliphatic rings. The molecule has 0 unspecified atom stereocenters. The topological polar surface area (TPSA) is 48.1 Å². The molecule has 0 saturated heterocycles. The standard InChI is InChI=1S/C17H22N2OS/c1-17(2,3)15-9-12(11-18)10-16(19-15)20-13-5-7-14(21-4)8-6-13/h5-10H,11,18H2,1-4H3. The zero-order valence-corrected chi connectivity index (χ0v) is 13.8. The van der Waals surface area contributed by atoms with Gasteiger partial charge in [-0.15, -0.1) is 11.8 Å². The highest BCUT2D eigenvalue weighted by atomic mass is 32.2.